The molecular weight excluding hydrogens is 703 g/mol. The number of anilines is 6. The van der Waals surface area contributed by atoms with Gasteiger partial charge in [-0.3, -0.25) is 0 Å². The summed E-state index contributed by atoms with van der Waals surface area (Å²) in [6, 6.07) is 77.8. The highest BCUT2D eigenvalue weighted by molar-refractivity contribution is 7.22. The second-order valence-corrected chi connectivity index (χ2v) is 19.4. The Balaban J connectivity index is 1.24. The van der Waals surface area contributed by atoms with Crippen molar-refractivity contribution in [1.29, 1.82) is 0 Å². The van der Waals surface area contributed by atoms with Crippen molar-refractivity contribution < 1.29 is 0 Å². The third-order valence-corrected chi connectivity index (χ3v) is 17.6. The second kappa shape index (κ2) is 12.3. The third kappa shape index (κ3) is 4.47. The molecule has 266 valence electrons. The SMILES string of the molecule is Cc1cc2c3c(c1)N(c1ccccc1)c1c(ccc4ccccc14)B3c1cc3c(cc1N2c1ccccc1)[Si](c1ccccc1)(c1ccccc1)c1ccccc1-3. The minimum absolute atomic E-state index is 0.0210. The molecule has 0 saturated carbocycles. The molecule has 0 spiro atoms. The Morgan fingerprint density at radius 1 is 0.421 bits per heavy atom. The summed E-state index contributed by atoms with van der Waals surface area (Å²) in [5, 5.41) is 8.26. The molecule has 0 aliphatic carbocycles. The van der Waals surface area contributed by atoms with Crippen molar-refractivity contribution in [2.45, 2.75) is 6.92 Å². The Morgan fingerprint density at radius 2 is 0.982 bits per heavy atom. The van der Waals surface area contributed by atoms with Crippen LogP contribution in [0.4, 0.5) is 34.1 Å². The van der Waals surface area contributed by atoms with Gasteiger partial charge in [-0.15, -0.1) is 0 Å². The maximum atomic E-state index is 2.62. The van der Waals surface area contributed by atoms with Crippen LogP contribution in [0.2, 0.25) is 0 Å². The van der Waals surface area contributed by atoms with Crippen LogP contribution in [0.15, 0.2) is 206 Å². The van der Waals surface area contributed by atoms with Crippen LogP contribution in [0, 0.1) is 6.92 Å². The molecule has 9 aromatic rings. The van der Waals surface area contributed by atoms with E-state index in [2.05, 4.69) is 223 Å². The van der Waals surface area contributed by atoms with E-state index in [1.54, 1.807) is 0 Å². The van der Waals surface area contributed by atoms with Gasteiger partial charge in [0.1, 0.15) is 0 Å². The molecule has 3 heterocycles. The summed E-state index contributed by atoms with van der Waals surface area (Å²) in [6.07, 6.45) is 0. The predicted octanol–water partition coefficient (Wildman–Crippen LogP) is 8.59. The van der Waals surface area contributed by atoms with Gasteiger partial charge in [-0.25, -0.2) is 0 Å². The molecule has 0 aromatic heterocycles. The molecule has 3 aliphatic heterocycles. The molecular formula is C53H37BN2Si. The zero-order valence-corrected chi connectivity index (χ0v) is 32.6. The van der Waals surface area contributed by atoms with E-state index in [0.29, 0.717) is 0 Å². The molecule has 0 radical (unpaired) electrons. The van der Waals surface area contributed by atoms with Gasteiger partial charge in [0.05, 0.1) is 0 Å². The largest absolute Gasteiger partial charge is 0.311 e. The minimum Gasteiger partial charge on any atom is -0.311 e. The van der Waals surface area contributed by atoms with Gasteiger partial charge >= 0.3 is 0 Å². The van der Waals surface area contributed by atoms with Crippen LogP contribution in [0.25, 0.3) is 21.9 Å². The topological polar surface area (TPSA) is 6.48 Å². The van der Waals surface area contributed by atoms with E-state index in [-0.39, 0.29) is 6.71 Å². The molecule has 0 unspecified atom stereocenters. The lowest BCUT2D eigenvalue weighted by atomic mass is 9.33. The summed E-state index contributed by atoms with van der Waals surface area (Å²) in [5.74, 6) is 0. The van der Waals surface area contributed by atoms with Gasteiger partial charge in [-0.2, -0.15) is 0 Å². The Labute approximate surface area is 335 Å². The van der Waals surface area contributed by atoms with Gasteiger partial charge in [-0.05, 0) is 109 Å². The fourth-order valence-electron chi connectivity index (χ4n) is 10.5. The van der Waals surface area contributed by atoms with Crippen LogP contribution in [0.3, 0.4) is 0 Å². The first-order valence-corrected chi connectivity index (χ1v) is 22.0. The second-order valence-electron chi connectivity index (χ2n) is 15.7. The zero-order chi connectivity index (χ0) is 37.7. The lowest BCUT2D eigenvalue weighted by Gasteiger charge is -2.45. The first kappa shape index (κ1) is 32.4. The van der Waals surface area contributed by atoms with E-state index in [1.807, 2.05) is 0 Å². The van der Waals surface area contributed by atoms with E-state index in [0.717, 1.165) is 0 Å². The summed E-state index contributed by atoms with van der Waals surface area (Å²) >= 11 is 0. The quantitative estimate of drug-likeness (QED) is 0.167. The van der Waals surface area contributed by atoms with Crippen molar-refractivity contribution >= 4 is 96.8 Å². The van der Waals surface area contributed by atoms with Crippen LogP contribution in [-0.2, 0) is 0 Å². The molecule has 0 atom stereocenters. The Morgan fingerprint density at radius 3 is 1.67 bits per heavy atom. The van der Waals surface area contributed by atoms with Gasteiger partial charge in [0, 0.05) is 39.5 Å². The normalized spacial score (nSPS) is 14.1. The number of rotatable bonds is 4. The number of hydrogen-bond acceptors (Lipinski definition) is 2. The van der Waals surface area contributed by atoms with Crippen molar-refractivity contribution in [3.8, 4) is 11.1 Å². The lowest BCUT2D eigenvalue weighted by molar-refractivity contribution is 1.25. The Bertz CT molecular complexity index is 3000. The molecule has 0 amide bonds. The monoisotopic (exact) mass is 740 g/mol. The molecule has 0 bridgehead atoms. The van der Waals surface area contributed by atoms with Crippen molar-refractivity contribution in [1.82, 2.24) is 0 Å². The molecule has 57 heavy (non-hydrogen) atoms. The van der Waals surface area contributed by atoms with Crippen molar-refractivity contribution in [3.05, 3.63) is 212 Å². The predicted molar refractivity (Wildman–Crippen MR) is 245 cm³/mol. The van der Waals surface area contributed by atoms with E-state index >= 15 is 0 Å². The summed E-state index contributed by atoms with van der Waals surface area (Å²) in [4.78, 5) is 5.12. The van der Waals surface area contributed by atoms with Crippen molar-refractivity contribution in [3.63, 3.8) is 0 Å². The van der Waals surface area contributed by atoms with Gasteiger partial charge in [0.2, 0.25) is 0 Å². The van der Waals surface area contributed by atoms with Crippen molar-refractivity contribution in [2.75, 3.05) is 9.80 Å². The van der Waals surface area contributed by atoms with Crippen LogP contribution < -0.4 is 46.9 Å². The number of para-hydroxylation sites is 2. The molecule has 12 rings (SSSR count). The Hall–Kier alpha value is -6.88. The van der Waals surface area contributed by atoms with Crippen LogP contribution in [-0.4, -0.2) is 14.8 Å². The van der Waals surface area contributed by atoms with E-state index in [9.17, 15) is 0 Å². The highest BCUT2D eigenvalue weighted by atomic mass is 28.3. The van der Waals surface area contributed by atoms with Gasteiger partial charge in [0.25, 0.3) is 6.71 Å². The molecule has 9 aromatic carbocycles. The summed E-state index contributed by atoms with van der Waals surface area (Å²) < 4.78 is 0. The standard InChI is InChI=1S/C53H37BN2Si/c1-36-32-48-52-49(33-36)56(39-21-8-3-9-22-39)53-42-27-15-14-18-37(42)30-31-45(53)54(52)46-34-44-43-28-16-17-29-50(43)57(40-23-10-4-11-24-40,41-25-12-5-13-26-41)51(44)35-47(46)55(48)38-19-6-2-7-20-38/h2-35H,1H3. The van der Waals surface area contributed by atoms with Crippen LogP contribution in [0.5, 0.6) is 0 Å². The molecule has 0 fully saturated rings. The number of hydrogen-bond donors (Lipinski definition) is 0. The van der Waals surface area contributed by atoms with Gasteiger partial charge in [-0.1, -0.05) is 164 Å². The average Bonchev–Trinajstić information content (AvgIpc) is 3.56. The van der Waals surface area contributed by atoms with E-state index < -0.39 is 8.07 Å². The third-order valence-electron chi connectivity index (χ3n) is 12.7. The lowest BCUT2D eigenvalue weighted by Crippen LogP contribution is -2.73. The Kier molecular flexibility index (Phi) is 6.99. The molecule has 4 heteroatoms. The summed E-state index contributed by atoms with van der Waals surface area (Å²) in [7, 11) is -2.75. The smallest absolute Gasteiger partial charge is 0.252 e. The fourth-order valence-corrected chi connectivity index (χ4v) is 15.7. The number of benzene rings is 9. The average molecular weight is 741 g/mol. The van der Waals surface area contributed by atoms with E-state index in [1.165, 1.54) is 98.7 Å². The highest BCUT2D eigenvalue weighted by Gasteiger charge is 2.51. The first-order chi connectivity index (χ1) is 28.2. The summed E-state index contributed by atoms with van der Waals surface area (Å²) in [6.45, 7) is 2.28. The maximum Gasteiger partial charge on any atom is 0.252 e. The van der Waals surface area contributed by atoms with Crippen molar-refractivity contribution in [2.24, 2.45) is 0 Å². The number of nitrogens with zero attached hydrogens (tertiary/aromatic N) is 2. The first-order valence-electron chi connectivity index (χ1n) is 20.0. The molecule has 0 saturated heterocycles. The zero-order valence-electron chi connectivity index (χ0n) is 31.6. The minimum atomic E-state index is -2.75. The highest BCUT2D eigenvalue weighted by Crippen LogP contribution is 2.47. The number of aryl methyl sites for hydroxylation is 1. The van der Waals surface area contributed by atoms with Crippen LogP contribution in [0.1, 0.15) is 5.56 Å². The molecule has 0 N–H and O–H groups in total. The van der Waals surface area contributed by atoms with Gasteiger partial charge in [0.15, 0.2) is 8.07 Å². The maximum absolute atomic E-state index is 2.75. The summed E-state index contributed by atoms with van der Waals surface area (Å²) in [5.41, 5.74) is 15.4. The van der Waals surface area contributed by atoms with E-state index in [4.69, 9.17) is 0 Å². The fraction of sp³-hybridized carbons (Fsp3) is 0.0189. The number of fused-ring (bicyclic) bond motifs is 9. The van der Waals surface area contributed by atoms with Gasteiger partial charge < -0.3 is 9.80 Å². The molecule has 3 aliphatic rings. The molecule has 2 nitrogen and oxygen atoms in total. The van der Waals surface area contributed by atoms with Crippen LogP contribution >= 0.6 is 0 Å².